The standard InChI is InChI=1S/C26H28F2N2O5/c1-15(2)11-21(23(31)30-14-26(27,28)12-22(30)24(32)33)29-25(34)35-13-20-18-9-5-3-7-16(18)17-8-4-6-10-19(17)20/h3-10,15,20-22H,11-14H2,1-2H3,(H,29,34)(H,32,33)/t21-,22-/m0/s1. The monoisotopic (exact) mass is 486 g/mol. The summed E-state index contributed by atoms with van der Waals surface area (Å²) in [7, 11) is 0. The SMILES string of the molecule is CC(C)C[C@H](NC(=O)OCC1c2ccccc2-c2ccccc21)C(=O)N1CC(F)(F)C[C@H]1C(=O)O. The number of carbonyl (C=O) groups excluding carboxylic acids is 2. The number of halogens is 2. The van der Waals surface area contributed by atoms with Crippen molar-refractivity contribution in [2.45, 2.75) is 50.6 Å². The normalized spacial score (nSPS) is 19.2. The van der Waals surface area contributed by atoms with E-state index in [0.717, 1.165) is 22.3 Å². The number of alkyl halides is 2. The molecule has 9 heteroatoms. The fourth-order valence-corrected chi connectivity index (χ4v) is 4.94. The average molecular weight is 487 g/mol. The van der Waals surface area contributed by atoms with Gasteiger partial charge in [-0.05, 0) is 34.6 Å². The van der Waals surface area contributed by atoms with Crippen molar-refractivity contribution in [1.29, 1.82) is 0 Å². The molecule has 1 aliphatic carbocycles. The molecule has 35 heavy (non-hydrogen) atoms. The highest BCUT2D eigenvalue weighted by atomic mass is 19.3. The van der Waals surface area contributed by atoms with Gasteiger partial charge in [-0.2, -0.15) is 0 Å². The molecule has 1 fully saturated rings. The lowest BCUT2D eigenvalue weighted by atomic mass is 9.98. The Bertz CT molecular complexity index is 1090. The molecule has 1 heterocycles. The molecule has 2 N–H and O–H groups in total. The lowest BCUT2D eigenvalue weighted by Crippen LogP contribution is -2.52. The van der Waals surface area contributed by atoms with E-state index in [4.69, 9.17) is 4.74 Å². The lowest BCUT2D eigenvalue weighted by Gasteiger charge is -2.27. The maximum absolute atomic E-state index is 13.9. The molecular weight excluding hydrogens is 458 g/mol. The predicted molar refractivity (Wildman–Crippen MR) is 124 cm³/mol. The first-order valence-corrected chi connectivity index (χ1v) is 11.6. The first-order valence-electron chi connectivity index (χ1n) is 11.6. The van der Waals surface area contributed by atoms with E-state index in [-0.39, 0.29) is 24.9 Å². The first-order chi connectivity index (χ1) is 16.6. The third-order valence-corrected chi connectivity index (χ3v) is 6.48. The predicted octanol–water partition coefficient (Wildman–Crippen LogP) is 4.26. The van der Waals surface area contributed by atoms with Crippen molar-refractivity contribution < 1.29 is 33.0 Å². The Kier molecular flexibility index (Phi) is 6.78. The topological polar surface area (TPSA) is 95.9 Å². The number of likely N-dealkylation sites (tertiary alicyclic amines) is 1. The quantitative estimate of drug-likeness (QED) is 0.610. The van der Waals surface area contributed by atoms with Crippen molar-refractivity contribution in [1.82, 2.24) is 10.2 Å². The number of nitrogens with zero attached hydrogens (tertiary/aromatic N) is 1. The number of amides is 2. The molecule has 0 saturated carbocycles. The van der Waals surface area contributed by atoms with Crippen LogP contribution in [0.25, 0.3) is 11.1 Å². The molecule has 1 aliphatic heterocycles. The van der Waals surface area contributed by atoms with E-state index < -0.39 is 48.9 Å². The number of benzene rings is 2. The number of nitrogens with one attached hydrogen (secondary N) is 1. The minimum absolute atomic E-state index is 0.0297. The number of hydrogen-bond donors (Lipinski definition) is 2. The lowest BCUT2D eigenvalue weighted by molar-refractivity contribution is -0.149. The second-order valence-electron chi connectivity index (χ2n) is 9.53. The van der Waals surface area contributed by atoms with Crippen LogP contribution in [0.15, 0.2) is 48.5 Å². The Morgan fingerprint density at radius 2 is 1.66 bits per heavy atom. The zero-order chi connectivity index (χ0) is 25.3. The Hall–Kier alpha value is -3.49. The summed E-state index contributed by atoms with van der Waals surface area (Å²) in [5, 5.41) is 11.8. The van der Waals surface area contributed by atoms with Crippen LogP contribution in [0.2, 0.25) is 0 Å². The molecule has 4 rings (SSSR count). The highest BCUT2D eigenvalue weighted by Gasteiger charge is 2.51. The van der Waals surface area contributed by atoms with E-state index in [1.165, 1.54) is 0 Å². The van der Waals surface area contributed by atoms with Gasteiger partial charge in [0.25, 0.3) is 5.92 Å². The van der Waals surface area contributed by atoms with Crippen LogP contribution in [0.4, 0.5) is 13.6 Å². The van der Waals surface area contributed by atoms with Crippen LogP contribution in [-0.2, 0) is 14.3 Å². The summed E-state index contributed by atoms with van der Waals surface area (Å²) >= 11 is 0. The summed E-state index contributed by atoms with van der Waals surface area (Å²) in [6.45, 7) is 2.66. The van der Waals surface area contributed by atoms with Crippen molar-refractivity contribution in [2.24, 2.45) is 5.92 Å². The fourth-order valence-electron chi connectivity index (χ4n) is 4.94. The second-order valence-corrected chi connectivity index (χ2v) is 9.53. The largest absolute Gasteiger partial charge is 0.480 e. The molecule has 7 nitrogen and oxygen atoms in total. The summed E-state index contributed by atoms with van der Waals surface area (Å²) in [4.78, 5) is 37.9. The van der Waals surface area contributed by atoms with Gasteiger partial charge in [0, 0.05) is 12.3 Å². The number of hydrogen-bond acceptors (Lipinski definition) is 4. The van der Waals surface area contributed by atoms with Gasteiger partial charge in [0.2, 0.25) is 5.91 Å². The number of carbonyl (C=O) groups is 3. The number of rotatable bonds is 7. The van der Waals surface area contributed by atoms with E-state index in [1.54, 1.807) is 0 Å². The van der Waals surface area contributed by atoms with Crippen molar-refractivity contribution >= 4 is 18.0 Å². The van der Waals surface area contributed by atoms with Crippen LogP contribution in [-0.4, -0.2) is 59.1 Å². The molecule has 0 unspecified atom stereocenters. The number of alkyl carbamates (subject to hydrolysis) is 1. The van der Waals surface area contributed by atoms with Gasteiger partial charge in [-0.25, -0.2) is 18.4 Å². The molecule has 186 valence electrons. The summed E-state index contributed by atoms with van der Waals surface area (Å²) in [5.74, 6) is -5.90. The Balaban J connectivity index is 1.46. The third kappa shape index (κ3) is 5.13. The fraction of sp³-hybridized carbons (Fsp3) is 0.423. The van der Waals surface area contributed by atoms with Gasteiger partial charge in [-0.3, -0.25) is 4.79 Å². The van der Waals surface area contributed by atoms with Gasteiger partial charge in [0.05, 0.1) is 6.54 Å². The van der Waals surface area contributed by atoms with Gasteiger partial charge in [0.1, 0.15) is 18.7 Å². The zero-order valence-electron chi connectivity index (χ0n) is 19.5. The minimum Gasteiger partial charge on any atom is -0.480 e. The smallest absolute Gasteiger partial charge is 0.407 e. The van der Waals surface area contributed by atoms with Gasteiger partial charge in [-0.15, -0.1) is 0 Å². The number of carboxylic acids is 1. The minimum atomic E-state index is -3.30. The van der Waals surface area contributed by atoms with Gasteiger partial charge < -0.3 is 20.1 Å². The second kappa shape index (κ2) is 9.64. The Morgan fingerprint density at radius 3 is 2.20 bits per heavy atom. The number of fused-ring (bicyclic) bond motifs is 3. The molecule has 2 amide bonds. The van der Waals surface area contributed by atoms with E-state index >= 15 is 0 Å². The van der Waals surface area contributed by atoms with E-state index in [1.807, 2.05) is 62.4 Å². The van der Waals surface area contributed by atoms with Crippen LogP contribution in [0.1, 0.15) is 43.7 Å². The van der Waals surface area contributed by atoms with Crippen molar-refractivity contribution in [2.75, 3.05) is 13.2 Å². The molecule has 1 saturated heterocycles. The summed E-state index contributed by atoms with van der Waals surface area (Å²) < 4.78 is 33.3. The molecule has 0 aromatic heterocycles. The Morgan fingerprint density at radius 1 is 1.09 bits per heavy atom. The van der Waals surface area contributed by atoms with E-state index in [0.29, 0.717) is 4.90 Å². The highest BCUT2D eigenvalue weighted by Crippen LogP contribution is 2.44. The van der Waals surface area contributed by atoms with E-state index in [2.05, 4.69) is 5.32 Å². The van der Waals surface area contributed by atoms with Gasteiger partial charge in [0.15, 0.2) is 0 Å². The maximum Gasteiger partial charge on any atom is 0.407 e. The number of ether oxygens (including phenoxy) is 1. The van der Waals surface area contributed by atoms with Crippen LogP contribution in [0.3, 0.4) is 0 Å². The van der Waals surface area contributed by atoms with Crippen LogP contribution < -0.4 is 5.32 Å². The molecule has 0 radical (unpaired) electrons. The number of carboxylic acid groups (broad SMARTS) is 1. The summed E-state index contributed by atoms with van der Waals surface area (Å²) in [5.41, 5.74) is 4.19. The molecule has 2 aromatic carbocycles. The van der Waals surface area contributed by atoms with Crippen molar-refractivity contribution in [3.63, 3.8) is 0 Å². The number of aliphatic carboxylic acids is 1. The maximum atomic E-state index is 13.9. The molecule has 2 atom stereocenters. The Labute approximate surface area is 202 Å². The van der Waals surface area contributed by atoms with Crippen LogP contribution in [0.5, 0.6) is 0 Å². The molecule has 0 spiro atoms. The van der Waals surface area contributed by atoms with Crippen molar-refractivity contribution in [3.05, 3.63) is 59.7 Å². The van der Waals surface area contributed by atoms with Crippen molar-refractivity contribution in [3.8, 4) is 11.1 Å². The third-order valence-electron chi connectivity index (χ3n) is 6.48. The molecule has 0 bridgehead atoms. The average Bonchev–Trinajstić information content (AvgIpc) is 3.31. The summed E-state index contributed by atoms with van der Waals surface area (Å²) in [6.07, 6.45) is -1.66. The highest BCUT2D eigenvalue weighted by molar-refractivity contribution is 5.90. The van der Waals surface area contributed by atoms with Crippen LogP contribution in [0, 0.1) is 5.92 Å². The van der Waals surface area contributed by atoms with Gasteiger partial charge >= 0.3 is 12.1 Å². The molecular formula is C26H28F2N2O5. The van der Waals surface area contributed by atoms with Crippen LogP contribution >= 0.6 is 0 Å². The van der Waals surface area contributed by atoms with Gasteiger partial charge in [-0.1, -0.05) is 62.4 Å². The van der Waals surface area contributed by atoms with E-state index in [9.17, 15) is 28.3 Å². The molecule has 2 aromatic rings. The zero-order valence-corrected chi connectivity index (χ0v) is 19.5. The molecule has 2 aliphatic rings. The summed E-state index contributed by atoms with van der Waals surface area (Å²) in [6, 6.07) is 12.9. The first kappa shape index (κ1) is 24.6.